The van der Waals surface area contributed by atoms with Gasteiger partial charge in [0.05, 0.1) is 39.5 Å². The highest BCUT2D eigenvalue weighted by Crippen LogP contribution is 2.36. The number of nitrogen functional groups attached to an aromatic ring is 2. The minimum Gasteiger partial charge on any atom is -0.493 e. The molecule has 0 bridgehead atoms. The molecule has 2 amide bonds. The van der Waals surface area contributed by atoms with E-state index in [1.165, 1.54) is 0 Å². The molecule has 4 aliphatic rings. The Morgan fingerprint density at radius 1 is 0.537 bits per heavy atom. The second-order valence-corrected chi connectivity index (χ2v) is 15.7. The van der Waals surface area contributed by atoms with E-state index in [0.29, 0.717) is 134 Å². The standard InChI is InChI=1S/2C23H25N5O4.2ClH.H2O/c2*1-30-18-12-15-16(13-19(18)31-2)25-23(26-21(15)24)28-9-7-27(8-10-28)22(29)20-11-14-5-3-4-6-17(14)32-20;;;/h2*3-6,12-13,20H,7-11H2,1-2H3,(H2,24,25,26);2*1H;1H2. The zero-order valence-electron chi connectivity index (χ0n) is 37.5. The molecule has 2 atom stereocenters. The topological polar surface area (TPSA) is 238 Å². The first kappa shape index (κ1) is 49.5. The van der Waals surface area contributed by atoms with E-state index in [9.17, 15) is 9.59 Å². The maximum absolute atomic E-state index is 13.0. The van der Waals surface area contributed by atoms with Gasteiger partial charge in [-0.25, -0.2) is 9.97 Å². The molecule has 2 unspecified atom stereocenters. The Hall–Kier alpha value is -6.96. The van der Waals surface area contributed by atoms with Gasteiger partial charge in [0.1, 0.15) is 23.1 Å². The average molecular weight is 962 g/mol. The number of hydrogen-bond acceptors (Lipinski definition) is 16. The summed E-state index contributed by atoms with van der Waals surface area (Å²) >= 11 is 0. The van der Waals surface area contributed by atoms with Crippen molar-refractivity contribution in [1.82, 2.24) is 29.7 Å². The van der Waals surface area contributed by atoms with Crippen LogP contribution in [0.5, 0.6) is 34.5 Å². The summed E-state index contributed by atoms with van der Waals surface area (Å²) in [5.41, 5.74) is 16.0. The molecule has 21 heteroatoms. The van der Waals surface area contributed by atoms with E-state index >= 15 is 0 Å². The van der Waals surface area contributed by atoms with Crippen molar-refractivity contribution in [3.8, 4) is 34.5 Å². The number of methoxy groups -OCH3 is 4. The van der Waals surface area contributed by atoms with Crippen molar-refractivity contribution in [2.75, 3.05) is 102 Å². The van der Waals surface area contributed by atoms with Crippen molar-refractivity contribution >= 4 is 82.0 Å². The Balaban J connectivity index is 0.000000212. The molecule has 2 saturated heterocycles. The number of nitrogens with zero attached hydrogens (tertiary/aromatic N) is 8. The fraction of sp³-hybridized carbons (Fsp3) is 0.348. The lowest BCUT2D eigenvalue weighted by Gasteiger charge is -2.35. The minimum atomic E-state index is -0.450. The first-order valence-corrected chi connectivity index (χ1v) is 21.1. The van der Waals surface area contributed by atoms with Crippen molar-refractivity contribution in [2.24, 2.45) is 0 Å². The summed E-state index contributed by atoms with van der Waals surface area (Å²) < 4.78 is 33.2. The molecule has 0 spiro atoms. The van der Waals surface area contributed by atoms with Gasteiger partial charge in [0.2, 0.25) is 11.9 Å². The summed E-state index contributed by atoms with van der Waals surface area (Å²) in [5.74, 6) is 5.80. The molecule has 0 saturated carbocycles. The van der Waals surface area contributed by atoms with E-state index in [1.54, 1.807) is 52.7 Å². The maximum Gasteiger partial charge on any atom is 0.264 e. The average Bonchev–Trinajstić information content (AvgIpc) is 3.98. The predicted molar refractivity (Wildman–Crippen MR) is 259 cm³/mol. The van der Waals surface area contributed by atoms with Crippen molar-refractivity contribution in [2.45, 2.75) is 25.0 Å². The number of carbonyl (C=O) groups is 2. The molecule has 2 fully saturated rings. The number of hydrogen-bond donors (Lipinski definition) is 2. The Morgan fingerprint density at radius 3 is 1.22 bits per heavy atom. The zero-order valence-corrected chi connectivity index (χ0v) is 39.1. The van der Waals surface area contributed by atoms with Crippen LogP contribution in [0.2, 0.25) is 0 Å². The Bertz CT molecular complexity index is 2500. The van der Waals surface area contributed by atoms with E-state index in [2.05, 4.69) is 19.9 Å². The van der Waals surface area contributed by atoms with Gasteiger partial charge in [0, 0.05) is 88.1 Å². The Morgan fingerprint density at radius 2 is 0.881 bits per heavy atom. The van der Waals surface area contributed by atoms with Gasteiger partial charge in [0.25, 0.3) is 11.8 Å². The van der Waals surface area contributed by atoms with E-state index < -0.39 is 12.2 Å². The number of piperazine rings is 2. The molecular formula is C46H54Cl2N10O9. The second kappa shape index (κ2) is 21.1. The van der Waals surface area contributed by atoms with Crippen LogP contribution in [0.4, 0.5) is 23.5 Å². The first-order chi connectivity index (χ1) is 31.1. The number of ether oxygens (including phenoxy) is 6. The summed E-state index contributed by atoms with van der Waals surface area (Å²) in [5, 5.41) is 1.41. The summed E-state index contributed by atoms with van der Waals surface area (Å²) in [6.45, 7) is 4.75. The summed E-state index contributed by atoms with van der Waals surface area (Å²) in [6, 6.07) is 22.8. The highest BCUT2D eigenvalue weighted by molar-refractivity contribution is 5.93. The Kier molecular flexibility index (Phi) is 15.6. The third kappa shape index (κ3) is 9.94. The number of para-hydroxylation sites is 2. The number of nitrogens with two attached hydrogens (primary N) is 2. The zero-order chi connectivity index (χ0) is 44.5. The lowest BCUT2D eigenvalue weighted by Crippen LogP contribution is -2.52. The van der Waals surface area contributed by atoms with Gasteiger partial charge in [-0.05, 0) is 35.4 Å². The van der Waals surface area contributed by atoms with Gasteiger partial charge in [-0.1, -0.05) is 36.4 Å². The quantitative estimate of drug-likeness (QED) is 0.221. The van der Waals surface area contributed by atoms with Gasteiger partial charge in [-0.3, -0.25) is 9.59 Å². The van der Waals surface area contributed by atoms with E-state index in [4.69, 9.17) is 39.9 Å². The highest BCUT2D eigenvalue weighted by Gasteiger charge is 2.36. The van der Waals surface area contributed by atoms with Gasteiger partial charge < -0.3 is 65.0 Å². The van der Waals surface area contributed by atoms with Crippen LogP contribution in [0.1, 0.15) is 11.1 Å². The van der Waals surface area contributed by atoms with Crippen LogP contribution in [0, 0.1) is 0 Å². The number of carbonyl (C=O) groups excluding carboxylic acids is 2. The van der Waals surface area contributed by atoms with Crippen LogP contribution in [0.15, 0.2) is 72.8 Å². The fourth-order valence-electron chi connectivity index (χ4n) is 8.52. The summed E-state index contributed by atoms with van der Waals surface area (Å²) in [7, 11) is 6.31. The molecule has 67 heavy (non-hydrogen) atoms. The molecule has 0 radical (unpaired) electrons. The summed E-state index contributed by atoms with van der Waals surface area (Å²) in [6.07, 6.45) is 0.332. The van der Waals surface area contributed by atoms with Crippen LogP contribution >= 0.6 is 24.8 Å². The van der Waals surface area contributed by atoms with Crippen molar-refractivity contribution in [3.05, 3.63) is 83.9 Å². The van der Waals surface area contributed by atoms with Gasteiger partial charge in [-0.2, -0.15) is 9.97 Å². The molecule has 6 N–H and O–H groups in total. The molecule has 356 valence electrons. The lowest BCUT2D eigenvalue weighted by molar-refractivity contribution is -0.138. The van der Waals surface area contributed by atoms with Gasteiger partial charge in [-0.15, -0.1) is 24.8 Å². The van der Waals surface area contributed by atoms with E-state index in [-0.39, 0.29) is 42.1 Å². The van der Waals surface area contributed by atoms with Crippen LogP contribution in [0.25, 0.3) is 21.8 Å². The van der Waals surface area contributed by atoms with Crippen LogP contribution in [-0.4, -0.2) is 140 Å². The number of aromatic nitrogens is 4. The molecule has 6 aromatic rings. The lowest BCUT2D eigenvalue weighted by atomic mass is 10.1. The molecule has 2 aromatic heterocycles. The van der Waals surface area contributed by atoms with Crippen molar-refractivity contribution in [3.63, 3.8) is 0 Å². The number of rotatable bonds is 8. The third-order valence-corrected chi connectivity index (χ3v) is 12.0. The normalized spacial score (nSPS) is 17.0. The monoisotopic (exact) mass is 960 g/mol. The third-order valence-electron chi connectivity index (χ3n) is 12.0. The predicted octanol–water partition coefficient (Wildman–Crippen LogP) is 3.78. The number of fused-ring (bicyclic) bond motifs is 4. The smallest absolute Gasteiger partial charge is 0.264 e. The van der Waals surface area contributed by atoms with Crippen LogP contribution in [-0.2, 0) is 22.4 Å². The fourth-order valence-corrected chi connectivity index (χ4v) is 8.52. The largest absolute Gasteiger partial charge is 0.493 e. The first-order valence-electron chi connectivity index (χ1n) is 21.1. The van der Waals surface area contributed by atoms with Crippen LogP contribution < -0.4 is 49.7 Å². The molecule has 4 aromatic carbocycles. The van der Waals surface area contributed by atoms with Crippen molar-refractivity contribution < 1.29 is 43.5 Å². The SMILES string of the molecule is COc1cc2nc(N3CCN(C(=O)C4Cc5ccccc5O4)CC3)nc(N)c2cc1OC.COc1cc2nc(N3CCN(C(=O)C4Cc5ccccc5O4)CC3)nc(N)c2cc1OC.Cl.Cl.O. The molecule has 6 heterocycles. The van der Waals surface area contributed by atoms with E-state index in [1.807, 2.05) is 68.1 Å². The van der Waals surface area contributed by atoms with Crippen molar-refractivity contribution in [1.29, 1.82) is 0 Å². The van der Waals surface area contributed by atoms with Gasteiger partial charge >= 0.3 is 0 Å². The number of anilines is 4. The minimum absolute atomic E-state index is 0. The maximum atomic E-state index is 13.0. The van der Waals surface area contributed by atoms with Gasteiger partial charge in [0.15, 0.2) is 35.2 Å². The second-order valence-electron chi connectivity index (χ2n) is 15.7. The highest BCUT2D eigenvalue weighted by atomic mass is 35.5. The molecular weight excluding hydrogens is 907 g/mol. The van der Waals surface area contributed by atoms with Crippen LogP contribution in [0.3, 0.4) is 0 Å². The van der Waals surface area contributed by atoms with E-state index in [0.717, 1.165) is 22.6 Å². The molecule has 0 aliphatic carbocycles. The number of amides is 2. The summed E-state index contributed by atoms with van der Waals surface area (Å²) in [4.78, 5) is 52.1. The number of halogens is 2. The molecule has 19 nitrogen and oxygen atoms in total. The number of benzene rings is 4. The molecule has 4 aliphatic heterocycles. The Labute approximate surface area is 399 Å². The molecule has 10 rings (SSSR count).